The van der Waals surface area contributed by atoms with Crippen molar-refractivity contribution in [2.45, 2.75) is 12.8 Å². The third kappa shape index (κ3) is 3.57. The molecule has 2 N–H and O–H groups in total. The van der Waals surface area contributed by atoms with Gasteiger partial charge in [-0.3, -0.25) is 4.79 Å². The molecule has 21 heavy (non-hydrogen) atoms. The molecule has 0 fully saturated rings. The van der Waals surface area contributed by atoms with Gasteiger partial charge in [-0.2, -0.15) is 0 Å². The predicted molar refractivity (Wildman–Crippen MR) is 92.6 cm³/mol. The van der Waals surface area contributed by atoms with E-state index in [0.717, 1.165) is 35.2 Å². The highest BCUT2D eigenvalue weighted by atomic mass is 79.9. The number of carbonyl (C=O) groups is 1. The smallest absolute Gasteiger partial charge is 0.256 e. The van der Waals surface area contributed by atoms with Gasteiger partial charge in [0.05, 0.1) is 5.56 Å². The van der Waals surface area contributed by atoms with E-state index >= 15 is 0 Å². The fourth-order valence-corrected chi connectivity index (χ4v) is 2.85. The standard InChI is InChI=1S/C16H15BrN2O.ClH/c17-14-6-2-1-5-13(14)16(20)19-12-8-7-11-4-3-9-18-15(11)10-12;/h1-2,5-8,10,18H,3-4,9H2,(H,19,20);1H. The predicted octanol–water partition coefficient (Wildman–Crippen LogP) is 4.48. The van der Waals surface area contributed by atoms with Crippen LogP contribution in [0.1, 0.15) is 22.3 Å². The number of amides is 1. The molecule has 110 valence electrons. The van der Waals surface area contributed by atoms with E-state index in [4.69, 9.17) is 0 Å². The van der Waals surface area contributed by atoms with E-state index in [9.17, 15) is 4.79 Å². The zero-order valence-corrected chi connectivity index (χ0v) is 13.8. The number of hydrogen-bond acceptors (Lipinski definition) is 2. The fourth-order valence-electron chi connectivity index (χ4n) is 2.38. The molecule has 3 nitrogen and oxygen atoms in total. The molecule has 3 rings (SSSR count). The first-order valence-electron chi connectivity index (χ1n) is 6.67. The highest BCUT2D eigenvalue weighted by Gasteiger charge is 2.12. The third-order valence-corrected chi connectivity index (χ3v) is 4.12. The summed E-state index contributed by atoms with van der Waals surface area (Å²) in [5.74, 6) is -0.103. The second-order valence-corrected chi connectivity index (χ2v) is 5.69. The Morgan fingerprint density at radius 2 is 2.00 bits per heavy atom. The van der Waals surface area contributed by atoms with Gasteiger partial charge in [-0.1, -0.05) is 18.2 Å². The van der Waals surface area contributed by atoms with E-state index in [-0.39, 0.29) is 18.3 Å². The van der Waals surface area contributed by atoms with Crippen molar-refractivity contribution >= 4 is 45.6 Å². The van der Waals surface area contributed by atoms with Crippen LogP contribution in [-0.4, -0.2) is 12.5 Å². The average molecular weight is 368 g/mol. The summed E-state index contributed by atoms with van der Waals surface area (Å²) in [6, 6.07) is 13.5. The first-order valence-corrected chi connectivity index (χ1v) is 7.46. The first kappa shape index (κ1) is 15.9. The quantitative estimate of drug-likeness (QED) is 0.821. The summed E-state index contributed by atoms with van der Waals surface area (Å²) in [4.78, 5) is 12.2. The normalized spacial score (nSPS) is 12.6. The number of benzene rings is 2. The second-order valence-electron chi connectivity index (χ2n) is 4.84. The molecule has 0 aromatic heterocycles. The molecular formula is C16H16BrClN2O. The monoisotopic (exact) mass is 366 g/mol. The average Bonchev–Trinajstić information content (AvgIpc) is 2.47. The van der Waals surface area contributed by atoms with E-state index < -0.39 is 0 Å². The molecule has 1 heterocycles. The summed E-state index contributed by atoms with van der Waals surface area (Å²) in [6.45, 7) is 0.995. The molecule has 5 heteroatoms. The van der Waals surface area contributed by atoms with E-state index in [2.05, 4.69) is 32.6 Å². The van der Waals surface area contributed by atoms with Crippen LogP contribution in [0.5, 0.6) is 0 Å². The number of aryl methyl sites for hydroxylation is 1. The summed E-state index contributed by atoms with van der Waals surface area (Å²) >= 11 is 3.40. The maximum absolute atomic E-state index is 12.2. The number of anilines is 2. The highest BCUT2D eigenvalue weighted by molar-refractivity contribution is 9.10. The van der Waals surface area contributed by atoms with Crippen LogP contribution < -0.4 is 10.6 Å². The topological polar surface area (TPSA) is 41.1 Å². The van der Waals surface area contributed by atoms with E-state index in [1.165, 1.54) is 5.56 Å². The van der Waals surface area contributed by atoms with Gasteiger partial charge in [0.25, 0.3) is 5.91 Å². The van der Waals surface area contributed by atoms with Crippen LogP contribution in [0.25, 0.3) is 0 Å². The van der Waals surface area contributed by atoms with Gasteiger partial charge in [0.2, 0.25) is 0 Å². The minimum absolute atomic E-state index is 0. The van der Waals surface area contributed by atoms with Crippen molar-refractivity contribution in [1.82, 2.24) is 0 Å². The Balaban J connectivity index is 0.00000161. The van der Waals surface area contributed by atoms with E-state index in [1.807, 2.05) is 30.3 Å². The van der Waals surface area contributed by atoms with Crippen molar-refractivity contribution in [1.29, 1.82) is 0 Å². The zero-order chi connectivity index (χ0) is 13.9. The number of halogens is 2. The van der Waals surface area contributed by atoms with Crippen molar-refractivity contribution in [3.63, 3.8) is 0 Å². The van der Waals surface area contributed by atoms with Crippen molar-refractivity contribution in [2.75, 3.05) is 17.2 Å². The van der Waals surface area contributed by atoms with Crippen molar-refractivity contribution in [3.8, 4) is 0 Å². The number of hydrogen-bond donors (Lipinski definition) is 2. The minimum atomic E-state index is -0.103. The van der Waals surface area contributed by atoms with Crippen molar-refractivity contribution in [2.24, 2.45) is 0 Å². The lowest BCUT2D eigenvalue weighted by Crippen LogP contribution is -2.15. The molecule has 2 aromatic carbocycles. The van der Waals surface area contributed by atoms with Gasteiger partial charge >= 0.3 is 0 Å². The summed E-state index contributed by atoms with van der Waals surface area (Å²) in [5, 5.41) is 6.31. The van der Waals surface area contributed by atoms with E-state index in [0.29, 0.717) is 5.56 Å². The molecule has 0 atom stereocenters. The summed E-state index contributed by atoms with van der Waals surface area (Å²) in [5.41, 5.74) is 3.90. The van der Waals surface area contributed by atoms with Crippen LogP contribution >= 0.6 is 28.3 Å². The second kappa shape index (κ2) is 6.96. The molecule has 0 radical (unpaired) electrons. The molecular weight excluding hydrogens is 352 g/mol. The van der Waals surface area contributed by atoms with Gasteiger partial charge in [0.1, 0.15) is 0 Å². The number of fused-ring (bicyclic) bond motifs is 1. The third-order valence-electron chi connectivity index (χ3n) is 3.42. The van der Waals surface area contributed by atoms with Crippen LogP contribution in [0.4, 0.5) is 11.4 Å². The molecule has 0 spiro atoms. The number of carbonyl (C=O) groups excluding carboxylic acids is 1. The molecule has 0 saturated carbocycles. The Labute approximate surface area is 138 Å². The van der Waals surface area contributed by atoms with E-state index in [1.54, 1.807) is 6.07 Å². The molecule has 0 unspecified atom stereocenters. The van der Waals surface area contributed by atoms with Crippen LogP contribution in [0.3, 0.4) is 0 Å². The Bertz CT molecular complexity index is 660. The Kier molecular flexibility index (Phi) is 5.26. The molecule has 0 aliphatic carbocycles. The van der Waals surface area contributed by atoms with Gasteiger partial charge in [0, 0.05) is 22.4 Å². The molecule has 0 saturated heterocycles. The lowest BCUT2D eigenvalue weighted by molar-refractivity contribution is 0.102. The Morgan fingerprint density at radius 1 is 1.19 bits per heavy atom. The summed E-state index contributed by atoms with van der Waals surface area (Å²) in [6.07, 6.45) is 2.26. The molecule has 1 amide bonds. The Morgan fingerprint density at radius 3 is 2.81 bits per heavy atom. The minimum Gasteiger partial charge on any atom is -0.385 e. The summed E-state index contributed by atoms with van der Waals surface area (Å²) < 4.78 is 0.800. The maximum Gasteiger partial charge on any atom is 0.256 e. The lowest BCUT2D eigenvalue weighted by Gasteiger charge is -2.19. The molecule has 2 aromatic rings. The largest absolute Gasteiger partial charge is 0.385 e. The lowest BCUT2D eigenvalue weighted by atomic mass is 10.0. The highest BCUT2D eigenvalue weighted by Crippen LogP contribution is 2.26. The van der Waals surface area contributed by atoms with Gasteiger partial charge in [-0.15, -0.1) is 12.4 Å². The molecule has 0 bridgehead atoms. The zero-order valence-electron chi connectivity index (χ0n) is 11.4. The summed E-state index contributed by atoms with van der Waals surface area (Å²) in [7, 11) is 0. The van der Waals surface area contributed by atoms with Crippen molar-refractivity contribution in [3.05, 3.63) is 58.1 Å². The van der Waals surface area contributed by atoms with Gasteiger partial charge < -0.3 is 10.6 Å². The van der Waals surface area contributed by atoms with Gasteiger partial charge in [-0.25, -0.2) is 0 Å². The van der Waals surface area contributed by atoms with Crippen LogP contribution in [-0.2, 0) is 6.42 Å². The Hall–Kier alpha value is -1.52. The molecule has 1 aliphatic rings. The SMILES string of the molecule is Cl.O=C(Nc1ccc2c(c1)NCCC2)c1ccccc1Br. The fraction of sp³-hybridized carbons (Fsp3) is 0.188. The van der Waals surface area contributed by atoms with Crippen LogP contribution in [0, 0.1) is 0 Å². The van der Waals surface area contributed by atoms with Crippen LogP contribution in [0.2, 0.25) is 0 Å². The number of nitrogens with one attached hydrogen (secondary N) is 2. The number of rotatable bonds is 2. The van der Waals surface area contributed by atoms with Crippen molar-refractivity contribution < 1.29 is 4.79 Å². The first-order chi connectivity index (χ1) is 9.74. The van der Waals surface area contributed by atoms with Gasteiger partial charge in [0.15, 0.2) is 0 Å². The van der Waals surface area contributed by atoms with Crippen LogP contribution in [0.15, 0.2) is 46.9 Å². The van der Waals surface area contributed by atoms with Gasteiger partial charge in [-0.05, 0) is 58.6 Å². The molecule has 1 aliphatic heterocycles. The maximum atomic E-state index is 12.2.